The van der Waals surface area contributed by atoms with Crippen molar-refractivity contribution in [1.29, 1.82) is 0 Å². The lowest BCUT2D eigenvalue weighted by Gasteiger charge is -2.27. The number of nitrogens with two attached hydrogens (primary N) is 2. The van der Waals surface area contributed by atoms with Gasteiger partial charge in [0.1, 0.15) is 6.61 Å². The average molecular weight is 477 g/mol. The number of rotatable bonds is 7. The number of anilines is 2. The molecule has 35 heavy (non-hydrogen) atoms. The van der Waals surface area contributed by atoms with E-state index in [4.69, 9.17) is 30.7 Å². The van der Waals surface area contributed by atoms with E-state index in [1.165, 1.54) is 16.7 Å². The molecule has 0 aliphatic carbocycles. The van der Waals surface area contributed by atoms with Gasteiger partial charge in [0, 0.05) is 42.9 Å². The van der Waals surface area contributed by atoms with Gasteiger partial charge in [-0.25, -0.2) is 15.0 Å². The molecule has 2 aliphatic heterocycles. The van der Waals surface area contributed by atoms with Crippen LogP contribution in [-0.2, 0) is 24.3 Å². The zero-order valence-electron chi connectivity index (χ0n) is 20.3. The van der Waals surface area contributed by atoms with E-state index < -0.39 is 0 Å². The molecule has 4 heterocycles. The number of aryl methyl sites for hydroxylation is 1. The van der Waals surface area contributed by atoms with E-state index in [0.717, 1.165) is 49.4 Å². The number of hydrogen-bond acceptors (Lipinski definition) is 9. The van der Waals surface area contributed by atoms with E-state index in [2.05, 4.69) is 41.0 Å². The Labute approximate surface area is 205 Å². The predicted octanol–water partition coefficient (Wildman–Crippen LogP) is 2.99. The summed E-state index contributed by atoms with van der Waals surface area (Å²) in [7, 11) is 2.14. The summed E-state index contributed by atoms with van der Waals surface area (Å²) in [6.45, 7) is 6.32. The first-order valence-corrected chi connectivity index (χ1v) is 12.0. The fourth-order valence-corrected chi connectivity index (χ4v) is 4.68. The Hall–Kier alpha value is -3.43. The van der Waals surface area contributed by atoms with Crippen LogP contribution in [-0.4, -0.2) is 53.3 Å². The molecule has 1 fully saturated rings. The van der Waals surface area contributed by atoms with Crippen LogP contribution in [0.3, 0.4) is 0 Å². The van der Waals surface area contributed by atoms with Crippen molar-refractivity contribution in [2.45, 2.75) is 32.9 Å². The second kappa shape index (κ2) is 10.1. The topological polar surface area (TPSA) is 122 Å². The van der Waals surface area contributed by atoms with Gasteiger partial charge in [0.05, 0.1) is 25.1 Å². The summed E-state index contributed by atoms with van der Waals surface area (Å²) in [6, 6.07) is 6.19. The molecule has 3 aromatic rings. The Morgan fingerprint density at radius 3 is 2.89 bits per heavy atom. The zero-order chi connectivity index (χ0) is 24.4. The minimum Gasteiger partial charge on any atom is -0.489 e. The van der Waals surface area contributed by atoms with Crippen molar-refractivity contribution in [2.75, 3.05) is 44.9 Å². The van der Waals surface area contributed by atoms with Crippen LogP contribution in [0.1, 0.15) is 28.7 Å². The van der Waals surface area contributed by atoms with Crippen LogP contribution >= 0.6 is 0 Å². The van der Waals surface area contributed by atoms with Crippen LogP contribution in [0.5, 0.6) is 11.6 Å². The molecule has 9 nitrogen and oxygen atoms in total. The highest BCUT2D eigenvalue weighted by atomic mass is 16.5. The second-order valence-corrected chi connectivity index (χ2v) is 9.38. The van der Waals surface area contributed by atoms with Crippen molar-refractivity contribution in [3.05, 3.63) is 52.8 Å². The minimum atomic E-state index is 0.180. The van der Waals surface area contributed by atoms with E-state index in [1.807, 2.05) is 6.07 Å². The molecule has 2 aromatic heterocycles. The van der Waals surface area contributed by atoms with Gasteiger partial charge in [0.2, 0.25) is 0 Å². The van der Waals surface area contributed by atoms with Crippen LogP contribution in [0.2, 0.25) is 0 Å². The van der Waals surface area contributed by atoms with Crippen molar-refractivity contribution >= 4 is 11.6 Å². The molecule has 0 spiro atoms. The lowest BCUT2D eigenvalue weighted by Crippen LogP contribution is -2.27. The van der Waals surface area contributed by atoms with Crippen molar-refractivity contribution < 1.29 is 14.2 Å². The molecule has 184 valence electrons. The number of nitrogens with zero attached hydrogens (tertiary/aromatic N) is 4. The molecule has 9 heteroatoms. The van der Waals surface area contributed by atoms with Crippen LogP contribution in [0.4, 0.5) is 11.6 Å². The average Bonchev–Trinajstić information content (AvgIpc) is 3.36. The van der Waals surface area contributed by atoms with Crippen LogP contribution in [0, 0.1) is 12.8 Å². The van der Waals surface area contributed by atoms with Gasteiger partial charge >= 0.3 is 0 Å². The molecule has 0 amide bonds. The Balaban J connectivity index is 1.35. The maximum Gasteiger partial charge on any atom is 0.258 e. The highest BCUT2D eigenvalue weighted by molar-refractivity contribution is 5.64. The van der Waals surface area contributed by atoms with Gasteiger partial charge in [-0.15, -0.1) is 0 Å². The lowest BCUT2D eigenvalue weighted by atomic mass is 9.92. The number of hydrogen-bond donors (Lipinski definition) is 2. The molecule has 1 saturated heterocycles. The maximum absolute atomic E-state index is 6.11. The number of benzene rings is 1. The predicted molar refractivity (Wildman–Crippen MR) is 134 cm³/mol. The molecular weight excluding hydrogens is 444 g/mol. The number of ether oxygens (including phenoxy) is 3. The Morgan fingerprint density at radius 1 is 1.17 bits per heavy atom. The van der Waals surface area contributed by atoms with Gasteiger partial charge in [-0.1, -0.05) is 0 Å². The number of aromatic nitrogens is 3. The number of fused-ring (bicyclic) bond motifs is 1. The van der Waals surface area contributed by atoms with E-state index in [9.17, 15) is 0 Å². The molecule has 1 aromatic carbocycles. The van der Waals surface area contributed by atoms with Crippen LogP contribution in [0.25, 0.3) is 11.3 Å². The summed E-state index contributed by atoms with van der Waals surface area (Å²) in [5, 5.41) is 0. The SMILES string of the molecule is Cc1cc(-c2cnc(N)c(OCc3ccnc(N)c3OCC3CCOC3)n2)cc2c1CCN(C)C2. The molecule has 5 rings (SSSR count). The first-order chi connectivity index (χ1) is 17.0. The van der Waals surface area contributed by atoms with Crippen molar-refractivity contribution in [3.8, 4) is 22.9 Å². The van der Waals surface area contributed by atoms with E-state index in [0.29, 0.717) is 30.7 Å². The van der Waals surface area contributed by atoms with E-state index in [-0.39, 0.29) is 18.3 Å². The third kappa shape index (κ3) is 5.16. The molecule has 0 saturated carbocycles. The third-order valence-corrected chi connectivity index (χ3v) is 6.68. The molecule has 0 radical (unpaired) electrons. The quantitative estimate of drug-likeness (QED) is 0.530. The summed E-state index contributed by atoms with van der Waals surface area (Å²) in [5.41, 5.74) is 18.8. The van der Waals surface area contributed by atoms with Gasteiger partial charge < -0.3 is 30.6 Å². The van der Waals surface area contributed by atoms with Crippen molar-refractivity contribution in [2.24, 2.45) is 5.92 Å². The lowest BCUT2D eigenvalue weighted by molar-refractivity contribution is 0.166. The Morgan fingerprint density at radius 2 is 2.06 bits per heavy atom. The van der Waals surface area contributed by atoms with Gasteiger partial charge in [0.15, 0.2) is 17.4 Å². The normalized spacial score (nSPS) is 17.8. The molecule has 4 N–H and O–H groups in total. The zero-order valence-corrected chi connectivity index (χ0v) is 20.3. The smallest absolute Gasteiger partial charge is 0.258 e. The third-order valence-electron chi connectivity index (χ3n) is 6.68. The van der Waals surface area contributed by atoms with E-state index in [1.54, 1.807) is 12.4 Å². The largest absolute Gasteiger partial charge is 0.489 e. The van der Waals surface area contributed by atoms with E-state index >= 15 is 0 Å². The van der Waals surface area contributed by atoms with Gasteiger partial charge in [-0.05, 0) is 61.7 Å². The molecule has 1 unspecified atom stereocenters. The molecule has 2 aliphatic rings. The molecule has 0 bridgehead atoms. The number of likely N-dealkylation sites (N-methyl/N-ethyl adjacent to an activating group) is 1. The highest BCUT2D eigenvalue weighted by Crippen LogP contribution is 2.31. The van der Waals surface area contributed by atoms with Crippen LogP contribution in [0.15, 0.2) is 30.6 Å². The second-order valence-electron chi connectivity index (χ2n) is 9.38. The summed E-state index contributed by atoms with van der Waals surface area (Å²) in [5.74, 6) is 1.71. The molecule has 1 atom stereocenters. The van der Waals surface area contributed by atoms with Gasteiger partial charge in [-0.3, -0.25) is 0 Å². The Kier molecular flexibility index (Phi) is 6.70. The van der Waals surface area contributed by atoms with Crippen LogP contribution < -0.4 is 20.9 Å². The molecular formula is C26H32N6O3. The summed E-state index contributed by atoms with van der Waals surface area (Å²) in [6.07, 6.45) is 5.37. The fourth-order valence-electron chi connectivity index (χ4n) is 4.68. The Bertz CT molecular complexity index is 1210. The summed E-state index contributed by atoms with van der Waals surface area (Å²) in [4.78, 5) is 15.5. The van der Waals surface area contributed by atoms with Gasteiger partial charge in [0.25, 0.3) is 5.88 Å². The van der Waals surface area contributed by atoms with Crippen molar-refractivity contribution in [1.82, 2.24) is 19.9 Å². The highest BCUT2D eigenvalue weighted by Gasteiger charge is 2.20. The minimum absolute atomic E-state index is 0.180. The monoisotopic (exact) mass is 476 g/mol. The number of pyridine rings is 1. The first-order valence-electron chi connectivity index (χ1n) is 12.0. The standard InChI is InChI=1S/C26H32N6O3/c1-16-9-19(10-20-12-32(2)7-4-21(16)20)22-11-30-25(28)26(31-22)35-15-18-3-6-29-24(27)23(18)34-14-17-5-8-33-13-17/h3,6,9-11,17H,4-5,7-8,12-15H2,1-2H3,(H2,27,29)(H2,28,30). The number of nitrogen functional groups attached to an aromatic ring is 2. The first kappa shape index (κ1) is 23.3. The maximum atomic E-state index is 6.11. The fraction of sp³-hybridized carbons (Fsp3) is 0.423. The van der Waals surface area contributed by atoms with Crippen molar-refractivity contribution in [3.63, 3.8) is 0 Å². The summed E-state index contributed by atoms with van der Waals surface area (Å²) >= 11 is 0. The van der Waals surface area contributed by atoms with Gasteiger partial charge in [-0.2, -0.15) is 0 Å². The summed E-state index contributed by atoms with van der Waals surface area (Å²) < 4.78 is 17.5.